The number of hydrogen-bond acceptors (Lipinski definition) is 4. The average Bonchev–Trinajstić information content (AvgIpc) is 3.22. The van der Waals surface area contributed by atoms with Gasteiger partial charge in [0, 0.05) is 11.8 Å². The Labute approximate surface area is 116 Å². The van der Waals surface area contributed by atoms with Crippen molar-refractivity contribution in [2.24, 2.45) is 5.41 Å². The molecular formula is C14H17NO5. The number of carbonyl (C=O) groups excluding carboxylic acids is 1. The molecule has 6 heteroatoms. The third-order valence-corrected chi connectivity index (χ3v) is 3.57. The van der Waals surface area contributed by atoms with Gasteiger partial charge >= 0.3 is 5.97 Å². The molecule has 1 aliphatic carbocycles. The summed E-state index contributed by atoms with van der Waals surface area (Å²) >= 11 is 0. The van der Waals surface area contributed by atoms with Gasteiger partial charge in [-0.3, -0.25) is 9.59 Å². The van der Waals surface area contributed by atoms with Crippen molar-refractivity contribution in [3.05, 3.63) is 17.7 Å². The molecule has 0 bridgehead atoms. The third-order valence-electron chi connectivity index (χ3n) is 3.57. The topological polar surface area (TPSA) is 84.9 Å². The second-order valence-corrected chi connectivity index (χ2v) is 4.86. The van der Waals surface area contributed by atoms with E-state index < -0.39 is 17.3 Å². The predicted octanol–water partition coefficient (Wildman–Crippen LogP) is 1.82. The lowest BCUT2D eigenvalue weighted by Crippen LogP contribution is -2.31. The lowest BCUT2D eigenvalue weighted by molar-refractivity contribution is -0.147. The highest BCUT2D eigenvalue weighted by atomic mass is 16.5. The number of aliphatic carboxylic acids is 1. The molecule has 2 rings (SSSR count). The van der Waals surface area contributed by atoms with Gasteiger partial charge in [-0.15, -0.1) is 0 Å². The minimum atomic E-state index is -1.26. The van der Waals surface area contributed by atoms with Gasteiger partial charge in [0.15, 0.2) is 11.5 Å². The second-order valence-electron chi connectivity index (χ2n) is 4.86. The minimum absolute atomic E-state index is 0.375. The van der Waals surface area contributed by atoms with E-state index >= 15 is 0 Å². The van der Waals surface area contributed by atoms with E-state index in [0.717, 1.165) is 5.56 Å². The van der Waals surface area contributed by atoms with Gasteiger partial charge in [0.05, 0.1) is 14.2 Å². The molecule has 0 unspecified atom stereocenters. The third kappa shape index (κ3) is 2.29. The highest BCUT2D eigenvalue weighted by Crippen LogP contribution is 2.47. The smallest absolute Gasteiger partial charge is 0.319 e. The monoisotopic (exact) mass is 279 g/mol. The van der Waals surface area contributed by atoms with Gasteiger partial charge < -0.3 is 19.9 Å². The zero-order valence-corrected chi connectivity index (χ0v) is 11.6. The van der Waals surface area contributed by atoms with Gasteiger partial charge in [-0.05, 0) is 31.4 Å². The lowest BCUT2D eigenvalue weighted by atomic mass is 10.1. The molecule has 6 nitrogen and oxygen atoms in total. The van der Waals surface area contributed by atoms with Crippen LogP contribution in [-0.4, -0.2) is 31.2 Å². The summed E-state index contributed by atoms with van der Waals surface area (Å²) in [6, 6.07) is 3.36. The second kappa shape index (κ2) is 5.03. The summed E-state index contributed by atoms with van der Waals surface area (Å²) < 4.78 is 10.3. The Morgan fingerprint density at radius 1 is 1.20 bits per heavy atom. The SMILES string of the molecule is COc1cc(C)c(NC(=O)C2(C(=O)O)CC2)cc1OC. The van der Waals surface area contributed by atoms with E-state index in [4.69, 9.17) is 14.6 Å². The van der Waals surface area contributed by atoms with E-state index in [1.54, 1.807) is 19.1 Å². The van der Waals surface area contributed by atoms with Crippen LogP contribution in [0.3, 0.4) is 0 Å². The van der Waals surface area contributed by atoms with E-state index in [1.165, 1.54) is 14.2 Å². The van der Waals surface area contributed by atoms with Crippen molar-refractivity contribution in [3.63, 3.8) is 0 Å². The maximum absolute atomic E-state index is 12.1. The maximum atomic E-state index is 12.1. The molecule has 1 amide bonds. The Hall–Kier alpha value is -2.24. The molecule has 2 N–H and O–H groups in total. The van der Waals surface area contributed by atoms with Gasteiger partial charge in [0.25, 0.3) is 0 Å². The first-order valence-corrected chi connectivity index (χ1v) is 6.22. The summed E-state index contributed by atoms with van der Waals surface area (Å²) in [4.78, 5) is 23.2. The summed E-state index contributed by atoms with van der Waals surface area (Å²) in [6.07, 6.45) is 0.751. The molecule has 0 radical (unpaired) electrons. The molecule has 20 heavy (non-hydrogen) atoms. The quantitative estimate of drug-likeness (QED) is 0.803. The van der Waals surface area contributed by atoms with Gasteiger partial charge in [0.1, 0.15) is 5.41 Å². The number of amides is 1. The summed E-state index contributed by atoms with van der Waals surface area (Å²) in [5, 5.41) is 11.8. The zero-order valence-electron chi connectivity index (χ0n) is 11.6. The van der Waals surface area contributed by atoms with E-state index in [2.05, 4.69) is 5.32 Å². The number of ether oxygens (including phenoxy) is 2. The first-order chi connectivity index (χ1) is 9.44. The molecule has 0 atom stereocenters. The summed E-state index contributed by atoms with van der Waals surface area (Å²) in [6.45, 7) is 1.80. The molecular weight excluding hydrogens is 262 g/mol. The normalized spacial score (nSPS) is 15.3. The van der Waals surface area contributed by atoms with Crippen molar-refractivity contribution in [1.82, 2.24) is 0 Å². The molecule has 1 aliphatic rings. The van der Waals surface area contributed by atoms with E-state index in [9.17, 15) is 9.59 Å². The summed E-state index contributed by atoms with van der Waals surface area (Å²) in [5.74, 6) is -0.524. The molecule has 108 valence electrons. The minimum Gasteiger partial charge on any atom is -0.493 e. The van der Waals surface area contributed by atoms with Crippen molar-refractivity contribution >= 4 is 17.6 Å². The number of carboxylic acids is 1. The highest BCUT2D eigenvalue weighted by molar-refractivity contribution is 6.11. The number of benzene rings is 1. The molecule has 0 spiro atoms. The van der Waals surface area contributed by atoms with Crippen LogP contribution in [-0.2, 0) is 9.59 Å². The van der Waals surface area contributed by atoms with E-state index in [-0.39, 0.29) is 0 Å². The fourth-order valence-corrected chi connectivity index (χ4v) is 2.02. The van der Waals surface area contributed by atoms with Crippen molar-refractivity contribution in [3.8, 4) is 11.5 Å². The largest absolute Gasteiger partial charge is 0.493 e. The molecule has 0 aromatic heterocycles. The fourth-order valence-electron chi connectivity index (χ4n) is 2.02. The van der Waals surface area contributed by atoms with Gasteiger partial charge in [-0.25, -0.2) is 0 Å². The molecule has 0 heterocycles. The van der Waals surface area contributed by atoms with Crippen LogP contribution in [0, 0.1) is 12.3 Å². The van der Waals surface area contributed by atoms with E-state index in [1.807, 2.05) is 0 Å². The van der Waals surface area contributed by atoms with Gasteiger partial charge in [-0.1, -0.05) is 0 Å². The molecule has 0 saturated heterocycles. The van der Waals surface area contributed by atoms with Crippen LogP contribution < -0.4 is 14.8 Å². The van der Waals surface area contributed by atoms with Crippen LogP contribution in [0.1, 0.15) is 18.4 Å². The number of carboxylic acid groups (broad SMARTS) is 1. The Morgan fingerprint density at radius 3 is 2.20 bits per heavy atom. The zero-order chi connectivity index (χ0) is 14.9. The van der Waals surface area contributed by atoms with Crippen molar-refractivity contribution in [2.75, 3.05) is 19.5 Å². The van der Waals surface area contributed by atoms with Crippen molar-refractivity contribution in [1.29, 1.82) is 0 Å². The van der Waals surface area contributed by atoms with Crippen LogP contribution in [0.4, 0.5) is 5.69 Å². The lowest BCUT2D eigenvalue weighted by Gasteiger charge is -2.15. The number of methoxy groups -OCH3 is 2. The first-order valence-electron chi connectivity index (χ1n) is 6.22. The van der Waals surface area contributed by atoms with Crippen LogP contribution >= 0.6 is 0 Å². The first kappa shape index (κ1) is 14.2. The van der Waals surface area contributed by atoms with E-state index in [0.29, 0.717) is 30.0 Å². The Kier molecular flexibility index (Phi) is 3.57. The Morgan fingerprint density at radius 2 is 1.75 bits per heavy atom. The maximum Gasteiger partial charge on any atom is 0.319 e. The number of carbonyl (C=O) groups is 2. The molecule has 1 fully saturated rings. The summed E-state index contributed by atoms with van der Waals surface area (Å²) in [5.41, 5.74) is 0.0388. The van der Waals surface area contributed by atoms with Crippen LogP contribution in [0.25, 0.3) is 0 Å². The van der Waals surface area contributed by atoms with Crippen LogP contribution in [0.5, 0.6) is 11.5 Å². The van der Waals surface area contributed by atoms with Crippen molar-refractivity contribution < 1.29 is 24.2 Å². The molecule has 1 saturated carbocycles. The number of rotatable bonds is 5. The van der Waals surface area contributed by atoms with Crippen molar-refractivity contribution in [2.45, 2.75) is 19.8 Å². The number of anilines is 1. The van der Waals surface area contributed by atoms with Gasteiger partial charge in [-0.2, -0.15) is 0 Å². The Balaban J connectivity index is 2.26. The number of hydrogen-bond donors (Lipinski definition) is 2. The Bertz CT molecular complexity index is 563. The number of nitrogens with one attached hydrogen (secondary N) is 1. The van der Waals surface area contributed by atoms with Gasteiger partial charge in [0.2, 0.25) is 5.91 Å². The predicted molar refractivity (Wildman–Crippen MR) is 72.2 cm³/mol. The molecule has 1 aromatic rings. The average molecular weight is 279 g/mol. The summed E-state index contributed by atoms with van der Waals surface area (Å²) in [7, 11) is 3.03. The fraction of sp³-hybridized carbons (Fsp3) is 0.429. The number of aryl methyl sites for hydroxylation is 1. The van der Waals surface area contributed by atoms with Crippen LogP contribution in [0.15, 0.2) is 12.1 Å². The highest BCUT2D eigenvalue weighted by Gasteiger charge is 2.57. The molecule has 1 aromatic carbocycles. The molecule has 0 aliphatic heterocycles. The standard InChI is InChI=1S/C14H17NO5/c1-8-6-10(19-2)11(20-3)7-9(8)15-12(16)14(4-5-14)13(17)18/h6-7H,4-5H2,1-3H3,(H,15,16)(H,17,18). The van der Waals surface area contributed by atoms with Crippen LogP contribution in [0.2, 0.25) is 0 Å².